The SMILES string of the molecule is CC(=O)c1cncnc1C(=O)O. The number of Topliss-reactive ketones (excluding diaryl/α,β-unsaturated/α-hetero) is 1. The van der Waals surface area contributed by atoms with Crippen LogP contribution in [0.4, 0.5) is 0 Å². The van der Waals surface area contributed by atoms with Crippen LogP contribution in [0, 0.1) is 0 Å². The quantitative estimate of drug-likeness (QED) is 0.642. The summed E-state index contributed by atoms with van der Waals surface area (Å²) in [6.07, 6.45) is 2.29. The highest BCUT2D eigenvalue weighted by atomic mass is 16.4. The van der Waals surface area contributed by atoms with Gasteiger partial charge in [0.15, 0.2) is 11.5 Å². The predicted molar refractivity (Wildman–Crippen MR) is 39.0 cm³/mol. The summed E-state index contributed by atoms with van der Waals surface area (Å²) in [5.41, 5.74) is -0.220. The summed E-state index contributed by atoms with van der Waals surface area (Å²) in [4.78, 5) is 28.3. The van der Waals surface area contributed by atoms with Crippen LogP contribution >= 0.6 is 0 Å². The number of carbonyl (C=O) groups excluding carboxylic acids is 1. The Morgan fingerprint density at radius 2 is 2.17 bits per heavy atom. The van der Waals surface area contributed by atoms with Gasteiger partial charge in [0.2, 0.25) is 0 Å². The van der Waals surface area contributed by atoms with Crippen molar-refractivity contribution in [2.24, 2.45) is 0 Å². The van der Waals surface area contributed by atoms with Gasteiger partial charge in [0, 0.05) is 6.20 Å². The molecule has 1 rings (SSSR count). The zero-order valence-electron chi connectivity index (χ0n) is 6.31. The fourth-order valence-electron chi connectivity index (χ4n) is 0.758. The summed E-state index contributed by atoms with van der Waals surface area (Å²) in [7, 11) is 0. The van der Waals surface area contributed by atoms with Crippen molar-refractivity contribution in [1.29, 1.82) is 0 Å². The Kier molecular flexibility index (Phi) is 2.14. The maximum atomic E-state index is 10.8. The monoisotopic (exact) mass is 166 g/mol. The van der Waals surface area contributed by atoms with Crippen LogP contribution < -0.4 is 0 Å². The number of aromatic nitrogens is 2. The minimum absolute atomic E-state index is 0.0324. The number of ketones is 1. The zero-order chi connectivity index (χ0) is 9.14. The van der Waals surface area contributed by atoms with Crippen molar-refractivity contribution in [2.75, 3.05) is 0 Å². The number of aromatic carboxylic acids is 1. The van der Waals surface area contributed by atoms with Crippen LogP contribution in [0.3, 0.4) is 0 Å². The van der Waals surface area contributed by atoms with Crippen LogP contribution in [0.1, 0.15) is 27.8 Å². The summed E-state index contributed by atoms with van der Waals surface area (Å²) >= 11 is 0. The summed E-state index contributed by atoms with van der Waals surface area (Å²) in [5, 5.41) is 8.57. The molecule has 0 aliphatic rings. The molecule has 62 valence electrons. The van der Waals surface area contributed by atoms with Crippen LogP contribution in [-0.4, -0.2) is 26.8 Å². The Bertz CT molecular complexity index is 302. The standard InChI is InChI=1S/C7H6N2O3/c1-4(10)5-2-8-3-9-6(5)7(11)12/h2-3H,1H3,(H,11,12). The molecule has 1 N–H and O–H groups in total. The summed E-state index contributed by atoms with van der Waals surface area (Å²) in [6.45, 7) is 1.27. The fourth-order valence-corrected chi connectivity index (χ4v) is 0.758. The van der Waals surface area contributed by atoms with Crippen molar-refractivity contribution in [3.05, 3.63) is 23.8 Å². The van der Waals surface area contributed by atoms with Gasteiger partial charge >= 0.3 is 5.97 Å². The van der Waals surface area contributed by atoms with Crippen LogP contribution in [-0.2, 0) is 0 Å². The number of hydrogen-bond donors (Lipinski definition) is 1. The Balaban J connectivity index is 3.27. The van der Waals surface area contributed by atoms with Crippen LogP contribution in [0.5, 0.6) is 0 Å². The fraction of sp³-hybridized carbons (Fsp3) is 0.143. The molecule has 0 radical (unpaired) electrons. The zero-order valence-corrected chi connectivity index (χ0v) is 6.31. The van der Waals surface area contributed by atoms with Gasteiger partial charge in [-0.15, -0.1) is 0 Å². The summed E-state index contributed by atoms with van der Waals surface area (Å²) in [6, 6.07) is 0. The highest BCUT2D eigenvalue weighted by Gasteiger charge is 2.14. The van der Waals surface area contributed by atoms with Gasteiger partial charge in [-0.2, -0.15) is 0 Å². The van der Waals surface area contributed by atoms with E-state index < -0.39 is 5.97 Å². The lowest BCUT2D eigenvalue weighted by molar-refractivity contribution is 0.0685. The van der Waals surface area contributed by atoms with Crippen LogP contribution in [0.25, 0.3) is 0 Å². The molecule has 1 heterocycles. The Hall–Kier alpha value is -1.78. The van der Waals surface area contributed by atoms with Crippen molar-refractivity contribution in [3.63, 3.8) is 0 Å². The molecule has 0 amide bonds. The molecule has 1 aromatic rings. The molecule has 0 aliphatic carbocycles. The topological polar surface area (TPSA) is 80.2 Å². The third-order valence-electron chi connectivity index (χ3n) is 1.29. The molecule has 0 bridgehead atoms. The summed E-state index contributed by atoms with van der Waals surface area (Å²) in [5.74, 6) is -1.57. The highest BCUT2D eigenvalue weighted by Crippen LogP contribution is 2.03. The Labute approximate surface area is 68.1 Å². The van der Waals surface area contributed by atoms with Gasteiger partial charge < -0.3 is 5.11 Å². The minimum atomic E-state index is -1.22. The van der Waals surface area contributed by atoms with E-state index in [0.29, 0.717) is 0 Å². The first kappa shape index (κ1) is 8.32. The number of rotatable bonds is 2. The predicted octanol–water partition coefficient (Wildman–Crippen LogP) is 0.377. The minimum Gasteiger partial charge on any atom is -0.476 e. The first-order valence-electron chi connectivity index (χ1n) is 3.17. The van der Waals surface area contributed by atoms with E-state index in [1.807, 2.05) is 0 Å². The molecule has 5 heteroatoms. The van der Waals surface area contributed by atoms with Gasteiger partial charge in [0.05, 0.1) is 5.56 Å². The van der Waals surface area contributed by atoms with Crippen molar-refractivity contribution >= 4 is 11.8 Å². The van der Waals surface area contributed by atoms with Crippen molar-refractivity contribution < 1.29 is 14.7 Å². The smallest absolute Gasteiger partial charge is 0.355 e. The molecule has 1 aromatic heterocycles. The molecule has 0 aromatic carbocycles. The van der Waals surface area contributed by atoms with Gasteiger partial charge in [-0.05, 0) is 6.92 Å². The second kappa shape index (κ2) is 3.08. The lowest BCUT2D eigenvalue weighted by atomic mass is 10.2. The van der Waals surface area contributed by atoms with E-state index in [1.165, 1.54) is 13.1 Å². The molecular weight excluding hydrogens is 160 g/mol. The number of carboxylic acids is 1. The third kappa shape index (κ3) is 1.45. The maximum Gasteiger partial charge on any atom is 0.355 e. The van der Waals surface area contributed by atoms with E-state index in [9.17, 15) is 9.59 Å². The van der Waals surface area contributed by atoms with Crippen molar-refractivity contribution in [2.45, 2.75) is 6.92 Å². The van der Waals surface area contributed by atoms with Gasteiger partial charge in [-0.25, -0.2) is 14.8 Å². The molecule has 0 fully saturated rings. The van der Waals surface area contributed by atoms with E-state index >= 15 is 0 Å². The van der Waals surface area contributed by atoms with Gasteiger partial charge in [-0.1, -0.05) is 0 Å². The Morgan fingerprint density at radius 1 is 1.50 bits per heavy atom. The molecule has 0 atom stereocenters. The summed E-state index contributed by atoms with van der Waals surface area (Å²) < 4.78 is 0. The molecule has 0 saturated carbocycles. The molecule has 0 spiro atoms. The number of nitrogens with zero attached hydrogens (tertiary/aromatic N) is 2. The van der Waals surface area contributed by atoms with Gasteiger partial charge in [-0.3, -0.25) is 4.79 Å². The largest absolute Gasteiger partial charge is 0.476 e. The lowest BCUT2D eigenvalue weighted by Gasteiger charge is -1.97. The molecule has 0 aliphatic heterocycles. The number of hydrogen-bond acceptors (Lipinski definition) is 4. The van der Waals surface area contributed by atoms with E-state index in [2.05, 4.69) is 9.97 Å². The van der Waals surface area contributed by atoms with E-state index in [4.69, 9.17) is 5.11 Å². The highest BCUT2D eigenvalue weighted by molar-refractivity contribution is 6.03. The normalized spacial score (nSPS) is 9.42. The van der Waals surface area contributed by atoms with Gasteiger partial charge in [0.25, 0.3) is 0 Å². The first-order valence-corrected chi connectivity index (χ1v) is 3.17. The average molecular weight is 166 g/mol. The van der Waals surface area contributed by atoms with E-state index in [-0.39, 0.29) is 17.0 Å². The maximum absolute atomic E-state index is 10.8. The average Bonchev–Trinajstić information content (AvgIpc) is 2.04. The second-order valence-electron chi connectivity index (χ2n) is 2.15. The molecule has 5 nitrogen and oxygen atoms in total. The Morgan fingerprint density at radius 3 is 2.58 bits per heavy atom. The van der Waals surface area contributed by atoms with Crippen molar-refractivity contribution in [1.82, 2.24) is 9.97 Å². The van der Waals surface area contributed by atoms with Gasteiger partial charge in [0.1, 0.15) is 6.33 Å². The van der Waals surface area contributed by atoms with E-state index in [1.54, 1.807) is 0 Å². The lowest BCUT2D eigenvalue weighted by Crippen LogP contribution is -2.09. The van der Waals surface area contributed by atoms with Crippen LogP contribution in [0.15, 0.2) is 12.5 Å². The first-order chi connectivity index (χ1) is 5.63. The van der Waals surface area contributed by atoms with Crippen molar-refractivity contribution in [3.8, 4) is 0 Å². The number of carboxylic acid groups (broad SMARTS) is 1. The van der Waals surface area contributed by atoms with Crippen LogP contribution in [0.2, 0.25) is 0 Å². The van der Waals surface area contributed by atoms with E-state index in [0.717, 1.165) is 6.33 Å². The third-order valence-corrected chi connectivity index (χ3v) is 1.29. The molecule has 0 saturated heterocycles. The number of carbonyl (C=O) groups is 2. The second-order valence-corrected chi connectivity index (χ2v) is 2.15. The molecule has 12 heavy (non-hydrogen) atoms. The molecular formula is C7H6N2O3. The molecule has 0 unspecified atom stereocenters.